The molecule has 1 fully saturated rings. The first-order chi connectivity index (χ1) is 10.6. The smallest absolute Gasteiger partial charge is 0.145 e. The molecule has 0 bridgehead atoms. The Morgan fingerprint density at radius 2 is 1.82 bits per heavy atom. The van der Waals surface area contributed by atoms with Gasteiger partial charge in [0.25, 0.3) is 0 Å². The van der Waals surface area contributed by atoms with Crippen LogP contribution in [0.2, 0.25) is 0 Å². The highest BCUT2D eigenvalue weighted by Gasteiger charge is 2.17. The van der Waals surface area contributed by atoms with Crippen LogP contribution in [-0.2, 0) is 0 Å². The first-order valence-corrected chi connectivity index (χ1v) is 7.71. The second-order valence-electron chi connectivity index (χ2n) is 5.74. The molecule has 3 heteroatoms. The third-order valence-electron chi connectivity index (χ3n) is 4.29. The van der Waals surface area contributed by atoms with Gasteiger partial charge in [0, 0.05) is 5.56 Å². The number of nitriles is 1. The van der Waals surface area contributed by atoms with Crippen LogP contribution in [0.15, 0.2) is 24.3 Å². The summed E-state index contributed by atoms with van der Waals surface area (Å²) in [4.78, 5) is 0. The van der Waals surface area contributed by atoms with Crippen molar-refractivity contribution in [3.63, 3.8) is 0 Å². The van der Waals surface area contributed by atoms with Gasteiger partial charge in [-0.1, -0.05) is 31.3 Å². The molecule has 114 valence electrons. The molecule has 1 saturated carbocycles. The summed E-state index contributed by atoms with van der Waals surface area (Å²) < 4.78 is 26.9. The Kier molecular flexibility index (Phi) is 5.73. The maximum Gasteiger partial charge on any atom is 0.145 e. The normalized spacial score (nSPS) is 21.2. The van der Waals surface area contributed by atoms with Crippen LogP contribution in [0, 0.1) is 46.6 Å². The zero-order valence-electron chi connectivity index (χ0n) is 12.7. The summed E-state index contributed by atoms with van der Waals surface area (Å²) >= 11 is 0. The lowest BCUT2D eigenvalue weighted by molar-refractivity contribution is 0.304. The van der Waals surface area contributed by atoms with Crippen molar-refractivity contribution in [2.45, 2.75) is 39.0 Å². The van der Waals surface area contributed by atoms with Gasteiger partial charge in [-0.2, -0.15) is 5.26 Å². The Balaban J connectivity index is 1.97. The lowest BCUT2D eigenvalue weighted by Gasteiger charge is -2.25. The molecule has 1 aliphatic carbocycles. The number of benzene rings is 1. The van der Waals surface area contributed by atoms with Crippen LogP contribution in [0.3, 0.4) is 0 Å². The fraction of sp³-hybridized carbons (Fsp3) is 0.421. The molecule has 0 heterocycles. The summed E-state index contributed by atoms with van der Waals surface area (Å²) in [5.41, 5.74) is -0.317. The summed E-state index contributed by atoms with van der Waals surface area (Å²) in [6, 6.07) is 3.68. The SMILES string of the molecule is CCC1CCC(C=CC#Cc2cc(F)c(C#N)c(F)c2)CC1. The maximum absolute atomic E-state index is 13.4. The molecule has 0 spiro atoms. The lowest BCUT2D eigenvalue weighted by Crippen LogP contribution is -2.11. The molecule has 0 N–H and O–H groups in total. The minimum absolute atomic E-state index is 0.244. The highest BCUT2D eigenvalue weighted by molar-refractivity contribution is 5.43. The lowest BCUT2D eigenvalue weighted by atomic mass is 9.81. The van der Waals surface area contributed by atoms with E-state index in [-0.39, 0.29) is 5.56 Å². The molecule has 0 saturated heterocycles. The minimum atomic E-state index is -0.867. The van der Waals surface area contributed by atoms with E-state index in [2.05, 4.69) is 24.8 Å². The van der Waals surface area contributed by atoms with Crippen molar-refractivity contribution in [3.05, 3.63) is 47.0 Å². The molecule has 22 heavy (non-hydrogen) atoms. The molecule has 0 amide bonds. The van der Waals surface area contributed by atoms with Crippen molar-refractivity contribution in [3.8, 4) is 17.9 Å². The van der Waals surface area contributed by atoms with Gasteiger partial charge in [-0.15, -0.1) is 0 Å². The van der Waals surface area contributed by atoms with Crippen LogP contribution in [0.25, 0.3) is 0 Å². The summed E-state index contributed by atoms with van der Waals surface area (Å²) in [6.07, 6.45) is 10.0. The van der Waals surface area contributed by atoms with Gasteiger partial charge in [0.15, 0.2) is 0 Å². The van der Waals surface area contributed by atoms with E-state index in [0.29, 0.717) is 5.92 Å². The molecule has 1 aromatic rings. The largest absolute Gasteiger partial charge is 0.205 e. The third kappa shape index (κ3) is 4.18. The molecule has 0 unspecified atom stereocenters. The minimum Gasteiger partial charge on any atom is -0.205 e. The quantitative estimate of drug-likeness (QED) is 0.708. The molecule has 2 rings (SSSR count). The van der Waals surface area contributed by atoms with Gasteiger partial charge in [0.1, 0.15) is 23.3 Å². The van der Waals surface area contributed by atoms with Gasteiger partial charge in [-0.25, -0.2) is 8.78 Å². The van der Waals surface area contributed by atoms with Gasteiger partial charge in [-0.05, 0) is 55.7 Å². The Hall–Kier alpha value is -2.13. The molecule has 0 radical (unpaired) electrons. The first-order valence-electron chi connectivity index (χ1n) is 7.71. The van der Waals surface area contributed by atoms with Crippen molar-refractivity contribution in [1.82, 2.24) is 0 Å². The second kappa shape index (κ2) is 7.76. The van der Waals surface area contributed by atoms with Crippen molar-refractivity contribution in [1.29, 1.82) is 5.26 Å². The van der Waals surface area contributed by atoms with E-state index >= 15 is 0 Å². The van der Waals surface area contributed by atoms with Gasteiger partial charge in [0.05, 0.1) is 0 Å². The van der Waals surface area contributed by atoms with Crippen LogP contribution < -0.4 is 0 Å². The van der Waals surface area contributed by atoms with Gasteiger partial charge >= 0.3 is 0 Å². The Labute approximate surface area is 130 Å². The zero-order valence-corrected chi connectivity index (χ0v) is 12.7. The van der Waals surface area contributed by atoms with Crippen LogP contribution in [0.5, 0.6) is 0 Å². The van der Waals surface area contributed by atoms with Crippen LogP contribution in [0.1, 0.15) is 50.2 Å². The predicted octanol–water partition coefficient (Wildman–Crippen LogP) is 4.96. The number of halogens is 2. The average molecular weight is 299 g/mol. The number of allylic oxidation sites excluding steroid dienone is 2. The molecular weight excluding hydrogens is 280 g/mol. The summed E-state index contributed by atoms with van der Waals surface area (Å²) in [5, 5.41) is 8.61. The summed E-state index contributed by atoms with van der Waals surface area (Å²) in [6.45, 7) is 2.24. The van der Waals surface area contributed by atoms with Crippen LogP contribution >= 0.6 is 0 Å². The van der Waals surface area contributed by atoms with E-state index in [1.807, 2.05) is 0 Å². The van der Waals surface area contributed by atoms with Crippen molar-refractivity contribution in [2.24, 2.45) is 11.8 Å². The first kappa shape index (κ1) is 16.2. The molecular formula is C19H19F2N. The standard InChI is InChI=1S/C19H19F2N/c1-2-14-7-9-15(10-8-14)5-3-4-6-16-11-18(20)17(13-22)19(21)12-16/h3,5,11-12,14-15H,2,7-10H2,1H3. The van der Waals surface area contributed by atoms with Gasteiger partial charge in [0.2, 0.25) is 0 Å². The van der Waals surface area contributed by atoms with E-state index in [1.165, 1.54) is 38.2 Å². The molecule has 0 aromatic heterocycles. The molecule has 0 aliphatic heterocycles. The maximum atomic E-state index is 13.4. The monoisotopic (exact) mass is 299 g/mol. The fourth-order valence-corrected chi connectivity index (χ4v) is 2.85. The van der Waals surface area contributed by atoms with E-state index in [4.69, 9.17) is 5.26 Å². The van der Waals surface area contributed by atoms with Crippen LogP contribution in [0.4, 0.5) is 8.78 Å². The topological polar surface area (TPSA) is 23.8 Å². The summed E-state index contributed by atoms with van der Waals surface area (Å²) in [7, 11) is 0. The number of rotatable bonds is 2. The number of nitrogens with zero attached hydrogens (tertiary/aromatic N) is 1. The molecule has 1 aliphatic rings. The van der Waals surface area contributed by atoms with Gasteiger partial charge < -0.3 is 0 Å². The predicted molar refractivity (Wildman–Crippen MR) is 82.8 cm³/mol. The average Bonchev–Trinajstić information content (AvgIpc) is 2.52. The van der Waals surface area contributed by atoms with E-state index in [1.54, 1.807) is 6.08 Å². The van der Waals surface area contributed by atoms with E-state index < -0.39 is 17.2 Å². The van der Waals surface area contributed by atoms with Crippen LogP contribution in [-0.4, -0.2) is 0 Å². The second-order valence-corrected chi connectivity index (χ2v) is 5.74. The Bertz CT molecular complexity index is 627. The fourth-order valence-electron chi connectivity index (χ4n) is 2.85. The van der Waals surface area contributed by atoms with Crippen molar-refractivity contribution in [2.75, 3.05) is 0 Å². The Morgan fingerprint density at radius 3 is 2.36 bits per heavy atom. The highest BCUT2D eigenvalue weighted by Crippen LogP contribution is 2.31. The zero-order chi connectivity index (χ0) is 15.9. The molecule has 0 atom stereocenters. The third-order valence-corrected chi connectivity index (χ3v) is 4.29. The van der Waals surface area contributed by atoms with Gasteiger partial charge in [-0.3, -0.25) is 0 Å². The van der Waals surface area contributed by atoms with Crippen molar-refractivity contribution >= 4 is 0 Å². The Morgan fingerprint density at radius 1 is 1.18 bits per heavy atom. The number of hydrogen-bond acceptors (Lipinski definition) is 1. The molecule has 1 nitrogen and oxygen atoms in total. The van der Waals surface area contributed by atoms with E-state index in [9.17, 15) is 8.78 Å². The highest BCUT2D eigenvalue weighted by atomic mass is 19.1. The van der Waals surface area contributed by atoms with E-state index in [0.717, 1.165) is 18.1 Å². The van der Waals surface area contributed by atoms with Crippen molar-refractivity contribution < 1.29 is 8.78 Å². The molecule has 1 aromatic carbocycles. The summed E-state index contributed by atoms with van der Waals surface area (Å²) in [5.74, 6) is 5.22. The number of hydrogen-bond donors (Lipinski definition) is 0.